The molecule has 3 heterocycles. The minimum atomic E-state index is -0.657. The van der Waals surface area contributed by atoms with E-state index in [2.05, 4.69) is 15.5 Å². The average molecular weight is 473 g/mol. The number of carbonyl (C=O) groups excluding carboxylic acids is 3. The van der Waals surface area contributed by atoms with Gasteiger partial charge in [-0.25, -0.2) is 4.79 Å². The maximum absolute atomic E-state index is 12.9. The number of aliphatic hydroxyl groups is 1. The molecular weight excluding hydrogens is 440 g/mol. The Hall–Kier alpha value is -3.27. The Morgan fingerprint density at radius 1 is 1.12 bits per heavy atom. The van der Waals surface area contributed by atoms with Gasteiger partial charge in [-0.2, -0.15) is 0 Å². The summed E-state index contributed by atoms with van der Waals surface area (Å²) >= 11 is 0. The molecule has 34 heavy (non-hydrogen) atoms. The molecule has 1 aromatic carbocycles. The van der Waals surface area contributed by atoms with E-state index < -0.39 is 29.9 Å². The second-order valence-electron chi connectivity index (χ2n) is 8.84. The minimum absolute atomic E-state index is 0.140. The molecule has 0 radical (unpaired) electrons. The Balaban J connectivity index is 1.38. The number of hydrogen-bond acceptors (Lipinski definition) is 7. The topological polar surface area (TPSA) is 120 Å². The number of fused-ring (bicyclic) bond motifs is 1. The number of anilines is 2. The summed E-state index contributed by atoms with van der Waals surface area (Å²) < 4.78 is 10.0. The second-order valence-corrected chi connectivity index (χ2v) is 8.84. The molecule has 2 atom stereocenters. The summed E-state index contributed by atoms with van der Waals surface area (Å²) in [5, 5.41) is 16.3. The van der Waals surface area contributed by atoms with Gasteiger partial charge in [-0.15, -0.1) is 0 Å². The van der Waals surface area contributed by atoms with Gasteiger partial charge in [0.25, 0.3) is 11.8 Å². The summed E-state index contributed by atoms with van der Waals surface area (Å²) in [6, 6.07) is 7.02. The van der Waals surface area contributed by atoms with Crippen molar-refractivity contribution in [3.05, 3.63) is 35.6 Å². The maximum atomic E-state index is 12.9. The molecule has 0 saturated carbocycles. The number of likely N-dealkylation sites (tertiary alicyclic amines) is 1. The zero-order valence-electron chi connectivity index (χ0n) is 19.4. The summed E-state index contributed by atoms with van der Waals surface area (Å²) in [4.78, 5) is 41.6. The lowest BCUT2D eigenvalue weighted by Gasteiger charge is -2.40. The van der Waals surface area contributed by atoms with Gasteiger partial charge in [-0.1, -0.05) is 0 Å². The van der Waals surface area contributed by atoms with Crippen LogP contribution >= 0.6 is 0 Å². The van der Waals surface area contributed by atoms with Crippen LogP contribution in [0.5, 0.6) is 0 Å². The van der Waals surface area contributed by atoms with E-state index in [1.165, 1.54) is 31.3 Å². The number of methoxy groups -OCH3 is 1. The van der Waals surface area contributed by atoms with Crippen molar-refractivity contribution >= 4 is 29.3 Å². The van der Waals surface area contributed by atoms with Crippen molar-refractivity contribution in [2.75, 3.05) is 56.7 Å². The second kappa shape index (κ2) is 10.8. The number of rotatable bonds is 6. The lowest BCUT2D eigenvalue weighted by atomic mass is 9.84. The highest BCUT2D eigenvalue weighted by molar-refractivity contribution is 6.23. The van der Waals surface area contributed by atoms with Crippen LogP contribution in [0.15, 0.2) is 35.6 Å². The molecule has 10 heteroatoms. The molecule has 3 amide bonds. The van der Waals surface area contributed by atoms with Crippen LogP contribution < -0.4 is 15.5 Å². The monoisotopic (exact) mass is 472 g/mol. The molecule has 2 fully saturated rings. The molecule has 3 aliphatic heterocycles. The van der Waals surface area contributed by atoms with Crippen LogP contribution in [0.4, 0.5) is 16.2 Å². The molecule has 0 spiro atoms. The van der Waals surface area contributed by atoms with Crippen molar-refractivity contribution < 1.29 is 29.0 Å². The molecule has 184 valence electrons. The third-order valence-electron chi connectivity index (χ3n) is 6.61. The smallest absolute Gasteiger partial charge is 0.409 e. The number of piperidine rings is 2. The van der Waals surface area contributed by atoms with E-state index in [0.29, 0.717) is 25.3 Å². The van der Waals surface area contributed by atoms with E-state index in [1.807, 2.05) is 12.1 Å². The zero-order valence-corrected chi connectivity index (χ0v) is 19.4. The lowest BCUT2D eigenvalue weighted by molar-refractivity contribution is -0.124. The number of nitrogens with one attached hydrogen (secondary N) is 2. The van der Waals surface area contributed by atoms with Crippen molar-refractivity contribution in [1.29, 1.82) is 0 Å². The summed E-state index contributed by atoms with van der Waals surface area (Å²) in [5.74, 6) is -1.98. The van der Waals surface area contributed by atoms with E-state index in [1.54, 1.807) is 12.1 Å². The maximum Gasteiger partial charge on any atom is 0.409 e. The van der Waals surface area contributed by atoms with Crippen LogP contribution in [-0.4, -0.2) is 80.5 Å². The average Bonchev–Trinajstić information content (AvgIpc) is 2.84. The fourth-order valence-electron chi connectivity index (χ4n) is 4.76. The van der Waals surface area contributed by atoms with E-state index in [9.17, 15) is 19.5 Å². The highest BCUT2D eigenvalue weighted by atomic mass is 16.6. The van der Waals surface area contributed by atoms with Crippen LogP contribution in [0.2, 0.25) is 0 Å². The van der Waals surface area contributed by atoms with Gasteiger partial charge in [0, 0.05) is 50.6 Å². The first kappa shape index (κ1) is 23.9. The Labute approximate surface area is 198 Å². The highest BCUT2D eigenvalue weighted by Gasteiger charge is 2.43. The van der Waals surface area contributed by atoms with E-state index >= 15 is 0 Å². The van der Waals surface area contributed by atoms with Gasteiger partial charge in [0.05, 0.1) is 12.6 Å². The van der Waals surface area contributed by atoms with Crippen molar-refractivity contribution in [2.24, 2.45) is 5.92 Å². The first-order valence-electron chi connectivity index (χ1n) is 11.8. The SMILES string of the molecule is COCCOC(=O)N1CCC2C(O)=C(C(=O)Nc3ccc(N4CCCCC4)cc3)C(=O)NC2C1. The third-order valence-corrected chi connectivity index (χ3v) is 6.61. The molecule has 0 bridgehead atoms. The van der Waals surface area contributed by atoms with Gasteiger partial charge in [0.15, 0.2) is 0 Å². The third kappa shape index (κ3) is 5.27. The van der Waals surface area contributed by atoms with Crippen molar-refractivity contribution in [3.8, 4) is 0 Å². The Bertz CT molecular complexity index is 941. The van der Waals surface area contributed by atoms with E-state index in [4.69, 9.17) is 9.47 Å². The van der Waals surface area contributed by atoms with Crippen molar-refractivity contribution in [1.82, 2.24) is 10.2 Å². The normalized spacial score (nSPS) is 22.7. The summed E-state index contributed by atoms with van der Waals surface area (Å²) in [7, 11) is 1.52. The zero-order chi connectivity index (χ0) is 24.1. The molecule has 1 aromatic rings. The van der Waals surface area contributed by atoms with Gasteiger partial charge in [0.1, 0.15) is 17.9 Å². The van der Waals surface area contributed by atoms with Crippen molar-refractivity contribution in [2.45, 2.75) is 31.7 Å². The van der Waals surface area contributed by atoms with Crippen LogP contribution in [0.3, 0.4) is 0 Å². The lowest BCUT2D eigenvalue weighted by Crippen LogP contribution is -2.58. The Kier molecular flexibility index (Phi) is 7.56. The van der Waals surface area contributed by atoms with Crippen LogP contribution in [0.25, 0.3) is 0 Å². The molecule has 2 saturated heterocycles. The highest BCUT2D eigenvalue weighted by Crippen LogP contribution is 2.30. The van der Waals surface area contributed by atoms with Gasteiger partial charge in [-0.3, -0.25) is 9.59 Å². The molecule has 3 N–H and O–H groups in total. The Morgan fingerprint density at radius 3 is 2.56 bits per heavy atom. The van der Waals surface area contributed by atoms with Gasteiger partial charge < -0.3 is 35.0 Å². The molecule has 2 unspecified atom stereocenters. The standard InChI is InChI=1S/C24H32N4O6/c1-33-13-14-34-24(32)28-12-9-18-19(15-28)26-23(31)20(21(18)29)22(30)25-16-5-7-17(8-6-16)27-10-3-2-4-11-27/h5-8,18-19,29H,2-4,9-15H2,1H3,(H,25,30)(H,26,31). The molecule has 10 nitrogen and oxygen atoms in total. The number of carbonyl (C=O) groups is 3. The number of nitrogens with zero attached hydrogens (tertiary/aromatic N) is 2. The molecule has 4 rings (SSSR count). The van der Waals surface area contributed by atoms with E-state index in [0.717, 1.165) is 18.8 Å². The summed E-state index contributed by atoms with van der Waals surface area (Å²) in [6.45, 7) is 3.03. The van der Waals surface area contributed by atoms with Gasteiger partial charge >= 0.3 is 6.09 Å². The number of hydrogen-bond donors (Lipinski definition) is 3. The fourth-order valence-corrected chi connectivity index (χ4v) is 4.76. The molecule has 0 aromatic heterocycles. The predicted octanol–water partition coefficient (Wildman–Crippen LogP) is 2.03. The largest absolute Gasteiger partial charge is 0.511 e. The first-order valence-corrected chi connectivity index (χ1v) is 11.8. The summed E-state index contributed by atoms with van der Waals surface area (Å²) in [6.07, 6.45) is 3.51. The van der Waals surface area contributed by atoms with Crippen LogP contribution in [-0.2, 0) is 19.1 Å². The number of aliphatic hydroxyl groups excluding tert-OH is 1. The number of amides is 3. The van der Waals surface area contributed by atoms with Crippen molar-refractivity contribution in [3.63, 3.8) is 0 Å². The van der Waals surface area contributed by atoms with Gasteiger partial charge in [0.2, 0.25) is 0 Å². The summed E-state index contributed by atoms with van der Waals surface area (Å²) in [5.41, 5.74) is 1.37. The number of benzene rings is 1. The van der Waals surface area contributed by atoms with Gasteiger partial charge in [-0.05, 0) is 49.9 Å². The first-order chi connectivity index (χ1) is 16.5. The fraction of sp³-hybridized carbons (Fsp3) is 0.542. The quantitative estimate of drug-likeness (QED) is 0.428. The Morgan fingerprint density at radius 2 is 1.85 bits per heavy atom. The predicted molar refractivity (Wildman–Crippen MR) is 126 cm³/mol. The van der Waals surface area contributed by atoms with E-state index in [-0.39, 0.29) is 24.5 Å². The molecule has 3 aliphatic rings. The molecular formula is C24H32N4O6. The number of ether oxygens (including phenoxy) is 2. The molecule has 0 aliphatic carbocycles. The minimum Gasteiger partial charge on any atom is -0.511 e. The van der Waals surface area contributed by atoms with Crippen LogP contribution in [0, 0.1) is 5.92 Å². The van der Waals surface area contributed by atoms with Crippen LogP contribution in [0.1, 0.15) is 25.7 Å².